The molecule has 0 aliphatic carbocycles. The third-order valence-electron chi connectivity index (χ3n) is 8.09. The highest BCUT2D eigenvalue weighted by molar-refractivity contribution is 6.30. The third-order valence-corrected chi connectivity index (χ3v) is 8.34. The van der Waals surface area contributed by atoms with Crippen LogP contribution in [-0.2, 0) is 4.74 Å². The van der Waals surface area contributed by atoms with Crippen LogP contribution >= 0.6 is 11.6 Å². The van der Waals surface area contributed by atoms with Gasteiger partial charge in [0.15, 0.2) is 5.65 Å². The minimum atomic E-state index is -0.0567. The Labute approximate surface area is 254 Å². The van der Waals surface area contributed by atoms with Crippen LogP contribution in [0.1, 0.15) is 55.2 Å². The van der Waals surface area contributed by atoms with Gasteiger partial charge in [-0.15, -0.1) is 0 Å². The molecule has 0 bridgehead atoms. The van der Waals surface area contributed by atoms with Crippen molar-refractivity contribution < 1.29 is 4.74 Å². The summed E-state index contributed by atoms with van der Waals surface area (Å²) in [7, 11) is 0. The number of hydrazine groups is 1. The number of imidazole rings is 1. The van der Waals surface area contributed by atoms with Crippen LogP contribution in [-0.4, -0.2) is 36.1 Å². The van der Waals surface area contributed by atoms with Crippen LogP contribution in [0.2, 0.25) is 5.02 Å². The first-order valence-corrected chi connectivity index (χ1v) is 14.7. The first-order chi connectivity index (χ1) is 21.1. The summed E-state index contributed by atoms with van der Waals surface area (Å²) in [5.74, 6) is 8.09. The van der Waals surface area contributed by atoms with E-state index in [2.05, 4.69) is 66.9 Å². The molecule has 0 radical (unpaired) electrons. The average molecular weight is 593 g/mol. The lowest BCUT2D eigenvalue weighted by molar-refractivity contribution is -0.0298. The summed E-state index contributed by atoms with van der Waals surface area (Å²) >= 11 is 6.16. The first kappa shape index (κ1) is 28.8. The van der Waals surface area contributed by atoms with Crippen LogP contribution in [0.3, 0.4) is 0 Å². The Hall–Kier alpha value is -4.28. The molecule has 0 spiro atoms. The molecular weight excluding hydrogens is 560 g/mol. The highest BCUT2D eigenvalue weighted by Crippen LogP contribution is 2.40. The first-order valence-electron chi connectivity index (χ1n) is 14.3. The Morgan fingerprint density at radius 2 is 1.72 bits per heavy atom. The molecule has 1 aliphatic rings. The second kappa shape index (κ2) is 12.5. The fraction of sp³-hybridized carbons (Fsp3) is 0.242. The van der Waals surface area contributed by atoms with Crippen LogP contribution in [0.4, 0.5) is 0 Å². The van der Waals surface area contributed by atoms with Gasteiger partial charge in [0, 0.05) is 46.5 Å². The molecule has 1 fully saturated rings. The van der Waals surface area contributed by atoms with Gasteiger partial charge in [-0.25, -0.2) is 15.0 Å². The zero-order valence-electron chi connectivity index (χ0n) is 24.1. The predicted molar refractivity (Wildman–Crippen MR) is 170 cm³/mol. The molecule has 0 saturated carbocycles. The maximum Gasteiger partial charge on any atom is 0.165 e. The van der Waals surface area contributed by atoms with Gasteiger partial charge in [0.2, 0.25) is 0 Å². The number of hydrogen-bond donors (Lipinski definition) is 2. The number of ether oxygens (including phenoxy) is 1. The van der Waals surface area contributed by atoms with E-state index < -0.39 is 0 Å². The molecule has 2 aromatic carbocycles. The Morgan fingerprint density at radius 1 is 0.884 bits per heavy atom. The van der Waals surface area contributed by atoms with Gasteiger partial charge in [0.1, 0.15) is 23.8 Å². The number of rotatable bonds is 5. The van der Waals surface area contributed by atoms with Gasteiger partial charge in [-0.1, -0.05) is 42.8 Å². The van der Waals surface area contributed by atoms with Crippen LogP contribution in [0, 0.1) is 6.92 Å². The van der Waals surface area contributed by atoms with Crippen molar-refractivity contribution in [2.75, 3.05) is 6.61 Å². The Morgan fingerprint density at radius 3 is 2.51 bits per heavy atom. The molecule has 5 heterocycles. The van der Waals surface area contributed by atoms with E-state index in [1.54, 1.807) is 6.33 Å². The van der Waals surface area contributed by atoms with Crippen molar-refractivity contribution in [1.82, 2.24) is 29.5 Å². The lowest BCUT2D eigenvalue weighted by Gasteiger charge is -2.23. The zero-order valence-corrected chi connectivity index (χ0v) is 24.9. The fourth-order valence-electron chi connectivity index (χ4n) is 5.95. The number of aryl methyl sites for hydroxylation is 1. The van der Waals surface area contributed by atoms with Crippen LogP contribution in [0.15, 0.2) is 79.6 Å². The molecule has 1 saturated heterocycles. The molecule has 10 heteroatoms. The summed E-state index contributed by atoms with van der Waals surface area (Å²) in [6.45, 7) is 5.06. The van der Waals surface area contributed by atoms with E-state index in [0.29, 0.717) is 0 Å². The summed E-state index contributed by atoms with van der Waals surface area (Å²) in [5, 5.41) is 2.92. The summed E-state index contributed by atoms with van der Waals surface area (Å²) in [6.07, 6.45) is 10.3. The van der Waals surface area contributed by atoms with Gasteiger partial charge in [-0.3, -0.25) is 26.2 Å². The molecule has 0 amide bonds. The van der Waals surface area contributed by atoms with Gasteiger partial charge in [-0.2, -0.15) is 0 Å². The van der Waals surface area contributed by atoms with Gasteiger partial charge < -0.3 is 4.74 Å². The molecule has 1 aliphatic heterocycles. The predicted octanol–water partition coefficient (Wildman–Crippen LogP) is 6.74. The van der Waals surface area contributed by atoms with Crippen molar-refractivity contribution >= 4 is 33.5 Å². The lowest BCUT2D eigenvalue weighted by atomic mass is 9.89. The molecule has 7 rings (SSSR count). The highest BCUT2D eigenvalue weighted by Gasteiger charge is 2.23. The molecule has 4 aromatic heterocycles. The van der Waals surface area contributed by atoms with E-state index in [4.69, 9.17) is 36.3 Å². The zero-order chi connectivity index (χ0) is 29.9. The van der Waals surface area contributed by atoms with Gasteiger partial charge in [0.25, 0.3) is 0 Å². The van der Waals surface area contributed by atoms with Gasteiger partial charge in [-0.05, 0) is 73.0 Å². The number of pyridine rings is 2. The molecular formula is C33H33ClN8O. The smallest absolute Gasteiger partial charge is 0.165 e. The Bertz CT molecular complexity index is 1880. The number of halogens is 1. The molecule has 1 unspecified atom stereocenters. The largest absolute Gasteiger partial charge is 0.358 e. The number of hydrogen-bond acceptors (Lipinski definition) is 8. The monoisotopic (exact) mass is 592 g/mol. The average Bonchev–Trinajstić information content (AvgIpc) is 3.50. The Kier molecular flexibility index (Phi) is 8.40. The minimum Gasteiger partial charge on any atom is -0.358 e. The molecule has 2 atom stereocenters. The van der Waals surface area contributed by atoms with Crippen molar-refractivity contribution in [3.8, 4) is 22.5 Å². The number of nitrogens with two attached hydrogens (primary N) is 2. The Balaban J connectivity index is 0.00000161. The van der Waals surface area contributed by atoms with E-state index in [9.17, 15) is 0 Å². The molecule has 43 heavy (non-hydrogen) atoms. The second-order valence-electron chi connectivity index (χ2n) is 10.6. The van der Waals surface area contributed by atoms with Crippen LogP contribution in [0.5, 0.6) is 0 Å². The number of fused-ring (bicyclic) bond motifs is 2. The molecule has 218 valence electrons. The normalized spacial score (nSPS) is 15.7. The summed E-state index contributed by atoms with van der Waals surface area (Å²) in [6, 6.07) is 18.4. The van der Waals surface area contributed by atoms with Crippen molar-refractivity contribution in [3.63, 3.8) is 0 Å². The topological polar surface area (TPSA) is 131 Å². The number of nitrogens with zero attached hydrogens (tertiary/aromatic N) is 6. The fourth-order valence-corrected chi connectivity index (χ4v) is 6.08. The van der Waals surface area contributed by atoms with Crippen LogP contribution < -0.4 is 11.7 Å². The summed E-state index contributed by atoms with van der Waals surface area (Å²) in [5.41, 5.74) is 8.40. The van der Waals surface area contributed by atoms with Crippen molar-refractivity contribution in [1.29, 1.82) is 0 Å². The van der Waals surface area contributed by atoms with E-state index in [0.717, 1.165) is 92.2 Å². The van der Waals surface area contributed by atoms with Crippen molar-refractivity contribution in [2.45, 2.75) is 45.3 Å². The quantitative estimate of drug-likeness (QED) is 0.166. The standard InChI is InChI=1S/C33H29ClN6O.H4N2/c1-20-8-13-25-24(14-16-36-29(25)21(2)22-9-11-23(34)12-10-22)28(20)30-26(6-5-15-35-30)31-32-33(38-18-37-31)40(19-39-32)27-7-3-4-17-41-27;1-2/h5-6,8-16,18-19,21,27H,3-4,7,17H2,1-2H3;1-2H2/t21-,27?;/m1./s1. The van der Waals surface area contributed by atoms with Gasteiger partial charge in [0.05, 0.1) is 17.7 Å². The lowest BCUT2D eigenvalue weighted by Crippen LogP contribution is -2.17. The number of benzene rings is 2. The molecule has 4 N–H and O–H groups in total. The minimum absolute atomic E-state index is 0.0567. The molecule has 6 aromatic rings. The van der Waals surface area contributed by atoms with Gasteiger partial charge >= 0.3 is 0 Å². The summed E-state index contributed by atoms with van der Waals surface area (Å²) < 4.78 is 8.08. The summed E-state index contributed by atoms with van der Waals surface area (Å²) in [4.78, 5) is 23.9. The van der Waals surface area contributed by atoms with Crippen LogP contribution in [0.25, 0.3) is 44.5 Å². The molecule has 9 nitrogen and oxygen atoms in total. The third kappa shape index (κ3) is 5.36. The van der Waals surface area contributed by atoms with Crippen molar-refractivity contribution in [2.24, 2.45) is 11.7 Å². The van der Waals surface area contributed by atoms with Crippen molar-refractivity contribution in [3.05, 3.63) is 101 Å². The SMILES string of the molecule is Cc1ccc2c([C@H](C)c3ccc(Cl)cc3)nccc2c1-c1ncccc1-c1ncnc2c1ncn2C1CCCCO1.NN. The maximum absolute atomic E-state index is 6.16. The highest BCUT2D eigenvalue weighted by atomic mass is 35.5. The van der Waals surface area contributed by atoms with E-state index >= 15 is 0 Å². The number of aromatic nitrogens is 6. The van der Waals surface area contributed by atoms with E-state index in [1.165, 1.54) is 0 Å². The van der Waals surface area contributed by atoms with E-state index in [-0.39, 0.29) is 12.1 Å². The maximum atomic E-state index is 6.16. The second-order valence-corrected chi connectivity index (χ2v) is 11.0. The van der Waals surface area contributed by atoms with E-state index in [1.807, 2.05) is 41.5 Å².